The van der Waals surface area contributed by atoms with Gasteiger partial charge in [-0.15, -0.1) is 0 Å². The molecule has 19 heavy (non-hydrogen) atoms. The fraction of sp³-hybridized carbons (Fsp3) is 0.400. The van der Waals surface area contributed by atoms with Gasteiger partial charge in [0.15, 0.2) is 0 Å². The highest BCUT2D eigenvalue weighted by atomic mass is 16.3. The standard InChI is InChI=1S/C15H19N3O/c1-10-13(9-18(2)17-10)15(19)14-12-6-4-3-5-11(12)7-8-16-14/h3-6,9,14-16,19H,7-8H2,1-2H3. The molecule has 1 aliphatic rings. The molecule has 4 heteroatoms. The number of rotatable bonds is 2. The van der Waals surface area contributed by atoms with E-state index in [4.69, 9.17) is 0 Å². The van der Waals surface area contributed by atoms with Gasteiger partial charge in [-0.2, -0.15) is 5.10 Å². The molecule has 1 aromatic carbocycles. The third-order valence-electron chi connectivity index (χ3n) is 3.83. The van der Waals surface area contributed by atoms with E-state index in [2.05, 4.69) is 28.6 Å². The van der Waals surface area contributed by atoms with Crippen LogP contribution in [-0.2, 0) is 13.5 Å². The Kier molecular flexibility index (Phi) is 3.12. The second-order valence-corrected chi connectivity index (χ2v) is 5.17. The highest BCUT2D eigenvalue weighted by molar-refractivity contribution is 5.35. The summed E-state index contributed by atoms with van der Waals surface area (Å²) in [6.07, 6.45) is 2.36. The normalized spacial score (nSPS) is 20.1. The summed E-state index contributed by atoms with van der Waals surface area (Å²) < 4.78 is 1.75. The van der Waals surface area contributed by atoms with Gasteiger partial charge in [0.25, 0.3) is 0 Å². The lowest BCUT2D eigenvalue weighted by molar-refractivity contribution is 0.125. The van der Waals surface area contributed by atoms with Gasteiger partial charge in [0.2, 0.25) is 0 Å². The third-order valence-corrected chi connectivity index (χ3v) is 3.83. The summed E-state index contributed by atoms with van der Waals surface area (Å²) in [6, 6.07) is 8.28. The summed E-state index contributed by atoms with van der Waals surface area (Å²) in [7, 11) is 1.88. The highest BCUT2D eigenvalue weighted by Gasteiger charge is 2.28. The number of nitrogens with one attached hydrogen (secondary N) is 1. The van der Waals surface area contributed by atoms with Gasteiger partial charge in [0, 0.05) is 18.8 Å². The number of aromatic nitrogens is 2. The number of aliphatic hydroxyl groups excluding tert-OH is 1. The fourth-order valence-corrected chi connectivity index (χ4v) is 2.91. The number of aryl methyl sites for hydroxylation is 2. The molecule has 0 spiro atoms. The summed E-state index contributed by atoms with van der Waals surface area (Å²) in [4.78, 5) is 0. The third kappa shape index (κ3) is 2.17. The molecular weight excluding hydrogens is 238 g/mol. The molecular formula is C15H19N3O. The van der Waals surface area contributed by atoms with Crippen LogP contribution < -0.4 is 5.32 Å². The molecule has 0 saturated heterocycles. The smallest absolute Gasteiger partial charge is 0.102 e. The SMILES string of the molecule is Cc1nn(C)cc1C(O)C1NCCc2ccccc21. The average Bonchev–Trinajstić information content (AvgIpc) is 2.76. The lowest BCUT2D eigenvalue weighted by atomic mass is 9.89. The Morgan fingerprint density at radius 3 is 2.95 bits per heavy atom. The summed E-state index contributed by atoms with van der Waals surface area (Å²) in [5, 5.41) is 18.4. The van der Waals surface area contributed by atoms with Gasteiger partial charge in [-0.05, 0) is 31.0 Å². The zero-order chi connectivity index (χ0) is 13.4. The maximum Gasteiger partial charge on any atom is 0.102 e. The fourth-order valence-electron chi connectivity index (χ4n) is 2.91. The van der Waals surface area contributed by atoms with Crippen molar-refractivity contribution >= 4 is 0 Å². The van der Waals surface area contributed by atoms with Gasteiger partial charge in [0.05, 0.1) is 11.7 Å². The first kappa shape index (κ1) is 12.4. The van der Waals surface area contributed by atoms with Crippen molar-refractivity contribution in [2.75, 3.05) is 6.54 Å². The number of hydrogen-bond donors (Lipinski definition) is 2. The Morgan fingerprint density at radius 2 is 2.21 bits per heavy atom. The lowest BCUT2D eigenvalue weighted by Gasteiger charge is -2.30. The monoisotopic (exact) mass is 257 g/mol. The molecule has 1 aromatic heterocycles. The van der Waals surface area contributed by atoms with Crippen LogP contribution in [0.1, 0.15) is 34.5 Å². The molecule has 0 radical (unpaired) electrons. The summed E-state index contributed by atoms with van der Waals surface area (Å²) in [6.45, 7) is 2.84. The van der Waals surface area contributed by atoms with Crippen molar-refractivity contribution in [1.82, 2.24) is 15.1 Å². The molecule has 0 bridgehead atoms. The van der Waals surface area contributed by atoms with Crippen molar-refractivity contribution in [2.45, 2.75) is 25.5 Å². The van der Waals surface area contributed by atoms with E-state index in [9.17, 15) is 5.11 Å². The topological polar surface area (TPSA) is 50.1 Å². The molecule has 0 aliphatic carbocycles. The minimum atomic E-state index is -0.560. The van der Waals surface area contributed by atoms with E-state index in [0.717, 1.165) is 24.2 Å². The van der Waals surface area contributed by atoms with Crippen LogP contribution in [-0.4, -0.2) is 21.4 Å². The summed E-state index contributed by atoms with van der Waals surface area (Å²) >= 11 is 0. The number of fused-ring (bicyclic) bond motifs is 1. The molecule has 2 N–H and O–H groups in total. The van der Waals surface area contributed by atoms with Gasteiger partial charge in [-0.1, -0.05) is 24.3 Å². The van der Waals surface area contributed by atoms with Crippen LogP contribution in [0.25, 0.3) is 0 Å². The van der Waals surface area contributed by atoms with Crippen LogP contribution in [0.3, 0.4) is 0 Å². The second kappa shape index (κ2) is 4.79. The van der Waals surface area contributed by atoms with Gasteiger partial charge >= 0.3 is 0 Å². The molecule has 4 nitrogen and oxygen atoms in total. The Bertz CT molecular complexity index is 591. The van der Waals surface area contributed by atoms with Crippen molar-refractivity contribution in [1.29, 1.82) is 0 Å². The van der Waals surface area contributed by atoms with Crippen molar-refractivity contribution in [3.8, 4) is 0 Å². The summed E-state index contributed by atoms with van der Waals surface area (Å²) in [5.41, 5.74) is 4.31. The van der Waals surface area contributed by atoms with Crippen molar-refractivity contribution in [3.05, 3.63) is 52.8 Å². The van der Waals surface area contributed by atoms with Crippen LogP contribution in [0.4, 0.5) is 0 Å². The zero-order valence-corrected chi connectivity index (χ0v) is 11.3. The minimum Gasteiger partial charge on any atom is -0.386 e. The first-order valence-electron chi connectivity index (χ1n) is 6.66. The van der Waals surface area contributed by atoms with E-state index in [1.54, 1.807) is 4.68 Å². The summed E-state index contributed by atoms with van der Waals surface area (Å²) in [5.74, 6) is 0. The predicted octanol–water partition coefficient (Wildman–Crippen LogP) is 1.65. The Morgan fingerprint density at radius 1 is 1.42 bits per heavy atom. The Balaban J connectivity index is 1.97. The number of aliphatic hydroxyl groups is 1. The zero-order valence-electron chi connectivity index (χ0n) is 11.3. The number of hydrogen-bond acceptors (Lipinski definition) is 3. The van der Waals surface area contributed by atoms with Crippen molar-refractivity contribution in [2.24, 2.45) is 7.05 Å². The molecule has 2 aromatic rings. The van der Waals surface area contributed by atoms with Crippen LogP contribution in [0.15, 0.2) is 30.5 Å². The van der Waals surface area contributed by atoms with Gasteiger partial charge in [0.1, 0.15) is 6.10 Å². The maximum absolute atomic E-state index is 10.7. The van der Waals surface area contributed by atoms with Crippen LogP contribution in [0.2, 0.25) is 0 Å². The molecule has 3 rings (SSSR count). The van der Waals surface area contributed by atoms with Crippen molar-refractivity contribution < 1.29 is 5.11 Å². The quantitative estimate of drug-likeness (QED) is 0.860. The first-order valence-corrected chi connectivity index (χ1v) is 6.66. The maximum atomic E-state index is 10.7. The molecule has 0 saturated carbocycles. The van der Waals surface area contributed by atoms with Gasteiger partial charge in [-0.3, -0.25) is 4.68 Å². The van der Waals surface area contributed by atoms with Crippen LogP contribution in [0.5, 0.6) is 0 Å². The Hall–Kier alpha value is -1.65. The number of nitrogens with zero attached hydrogens (tertiary/aromatic N) is 2. The van der Waals surface area contributed by atoms with Crippen LogP contribution in [0, 0.1) is 6.92 Å². The average molecular weight is 257 g/mol. The Labute approximate surface area is 113 Å². The second-order valence-electron chi connectivity index (χ2n) is 5.17. The molecule has 2 unspecified atom stereocenters. The molecule has 1 aliphatic heterocycles. The lowest BCUT2D eigenvalue weighted by Crippen LogP contribution is -2.34. The highest BCUT2D eigenvalue weighted by Crippen LogP contribution is 2.34. The minimum absolute atomic E-state index is 0.0483. The van der Waals surface area contributed by atoms with E-state index in [1.165, 1.54) is 11.1 Å². The molecule has 100 valence electrons. The van der Waals surface area contributed by atoms with Gasteiger partial charge in [-0.25, -0.2) is 0 Å². The number of benzene rings is 1. The van der Waals surface area contributed by atoms with E-state index in [0.29, 0.717) is 0 Å². The predicted molar refractivity (Wildman–Crippen MR) is 73.8 cm³/mol. The van der Waals surface area contributed by atoms with Crippen molar-refractivity contribution in [3.63, 3.8) is 0 Å². The largest absolute Gasteiger partial charge is 0.386 e. The van der Waals surface area contributed by atoms with E-state index < -0.39 is 6.10 Å². The van der Waals surface area contributed by atoms with E-state index in [-0.39, 0.29) is 6.04 Å². The molecule has 0 amide bonds. The molecule has 0 fully saturated rings. The van der Waals surface area contributed by atoms with Gasteiger partial charge < -0.3 is 10.4 Å². The van der Waals surface area contributed by atoms with E-state index in [1.807, 2.05) is 26.2 Å². The first-order chi connectivity index (χ1) is 9.16. The van der Waals surface area contributed by atoms with Crippen LogP contribution >= 0.6 is 0 Å². The van der Waals surface area contributed by atoms with E-state index >= 15 is 0 Å². The molecule has 2 heterocycles. The molecule has 2 atom stereocenters.